The molecule has 0 radical (unpaired) electrons. The van der Waals surface area contributed by atoms with E-state index in [-0.39, 0.29) is 6.54 Å². The van der Waals surface area contributed by atoms with Crippen LogP contribution in [0.25, 0.3) is 0 Å². The van der Waals surface area contributed by atoms with E-state index in [0.29, 0.717) is 22.3 Å². The van der Waals surface area contributed by atoms with Crippen LogP contribution in [0.4, 0.5) is 5.69 Å². The van der Waals surface area contributed by atoms with Crippen molar-refractivity contribution in [1.82, 2.24) is 0 Å². The molecule has 0 aromatic heterocycles. The van der Waals surface area contributed by atoms with Crippen molar-refractivity contribution in [3.8, 4) is 0 Å². The topological polar surface area (TPSA) is 119 Å². The van der Waals surface area contributed by atoms with Gasteiger partial charge in [0.2, 0.25) is 0 Å². The van der Waals surface area contributed by atoms with Gasteiger partial charge in [-0.3, -0.25) is 0 Å². The normalized spacial score (nSPS) is 11.7. The van der Waals surface area contributed by atoms with Crippen molar-refractivity contribution >= 4 is 47.9 Å². The van der Waals surface area contributed by atoms with Crippen LogP contribution in [0.15, 0.2) is 24.3 Å². The Labute approximate surface area is 133 Å². The summed E-state index contributed by atoms with van der Waals surface area (Å²) in [6.07, 6.45) is 0. The summed E-state index contributed by atoms with van der Waals surface area (Å²) in [7, 11) is -4.33. The van der Waals surface area contributed by atoms with Crippen molar-refractivity contribution < 1.29 is 31.3 Å². The third-order valence-corrected chi connectivity index (χ3v) is 4.70. The first-order chi connectivity index (χ1) is 9.96. The van der Waals surface area contributed by atoms with E-state index in [4.69, 9.17) is 0 Å². The van der Waals surface area contributed by atoms with Gasteiger partial charge in [0.1, 0.15) is 0 Å². The summed E-state index contributed by atoms with van der Waals surface area (Å²) in [6, 6.07) is 6.72. The van der Waals surface area contributed by atoms with Gasteiger partial charge in [0.15, 0.2) is 0 Å². The zero-order chi connectivity index (χ0) is 15.7. The molecule has 0 heterocycles. The summed E-state index contributed by atoms with van der Waals surface area (Å²) in [4.78, 5) is 1.65. The van der Waals surface area contributed by atoms with E-state index in [0.717, 1.165) is 12.0 Å². The number of rotatable bonds is 10. The number of benzene rings is 1. The van der Waals surface area contributed by atoms with Crippen LogP contribution in [0, 0.1) is 0 Å². The molecule has 8 nitrogen and oxygen atoms in total. The van der Waals surface area contributed by atoms with E-state index < -0.39 is 31.6 Å². The molecule has 118 valence electrons. The molecule has 0 aliphatic rings. The zero-order valence-electron chi connectivity index (χ0n) is 10.7. The Hall–Kier alpha value is -0.482. The van der Waals surface area contributed by atoms with Gasteiger partial charge in [-0.25, -0.2) is 0 Å². The van der Waals surface area contributed by atoms with Gasteiger partial charge in [-0.05, 0) is 0 Å². The third-order valence-electron chi connectivity index (χ3n) is 2.45. The number of hydrogen-bond acceptors (Lipinski definition) is 9. The summed E-state index contributed by atoms with van der Waals surface area (Å²) in [6.45, 7) is 0.350. The molecule has 0 aliphatic carbocycles. The predicted octanol–water partition coefficient (Wildman–Crippen LogP) is -1.42. The summed E-state index contributed by atoms with van der Waals surface area (Å²) in [5.41, 5.74) is 0.681. The van der Waals surface area contributed by atoms with Crippen LogP contribution in [0.5, 0.6) is 0 Å². The van der Waals surface area contributed by atoms with Crippen LogP contribution >= 0.6 is 12.0 Å². The van der Waals surface area contributed by atoms with Crippen LogP contribution in [0.1, 0.15) is 0 Å². The molecule has 21 heavy (non-hydrogen) atoms. The standard InChI is InChI=1S/C10H14AsNO7S2/c13-11-9-1-3-10(4-2-9)12(5-7-20-19-18-14)6-8-21(15,16)17/h1-4,14H,5-8H2,(H,15,16,17)/p-2. The molecular weight excluding hydrogens is 385 g/mol. The molecule has 0 saturated heterocycles. The van der Waals surface area contributed by atoms with Gasteiger partial charge in [0.05, 0.1) is 0 Å². The molecule has 1 aromatic rings. The third kappa shape index (κ3) is 7.91. The van der Waals surface area contributed by atoms with E-state index in [1.54, 1.807) is 29.2 Å². The van der Waals surface area contributed by atoms with Gasteiger partial charge in [0, 0.05) is 0 Å². The minimum absolute atomic E-state index is 0.00899. The van der Waals surface area contributed by atoms with Crippen molar-refractivity contribution in [2.75, 3.05) is 29.5 Å². The number of nitrogens with zero attached hydrogens (tertiary/aromatic N) is 1. The Morgan fingerprint density at radius 2 is 1.90 bits per heavy atom. The molecule has 0 amide bonds. The fourth-order valence-electron chi connectivity index (χ4n) is 1.52. The molecule has 0 atom stereocenters. The molecule has 0 aliphatic heterocycles. The summed E-state index contributed by atoms with van der Waals surface area (Å²) < 4.78 is 47.8. The molecule has 0 unspecified atom stereocenters. The van der Waals surface area contributed by atoms with Crippen LogP contribution < -0.4 is 14.5 Å². The maximum absolute atomic E-state index is 10.8. The Morgan fingerprint density at radius 1 is 1.24 bits per heavy atom. The second kappa shape index (κ2) is 9.52. The SMILES string of the molecule is O=[As]c1ccc(N(CCSOO[O-])CCS(=O)(=O)[O-])cc1. The molecule has 0 saturated carbocycles. The molecule has 0 N–H and O–H groups in total. The molecule has 0 spiro atoms. The zero-order valence-corrected chi connectivity index (χ0v) is 14.2. The first kappa shape index (κ1) is 18.6. The van der Waals surface area contributed by atoms with Crippen molar-refractivity contribution in [1.29, 1.82) is 0 Å². The molecule has 0 fully saturated rings. The average Bonchev–Trinajstić information content (AvgIpc) is 2.46. The van der Waals surface area contributed by atoms with Gasteiger partial charge in [-0.2, -0.15) is 0 Å². The van der Waals surface area contributed by atoms with Crippen molar-refractivity contribution in [2.45, 2.75) is 0 Å². The molecule has 11 heteroatoms. The van der Waals surface area contributed by atoms with Gasteiger partial charge < -0.3 is 0 Å². The predicted molar refractivity (Wildman–Crippen MR) is 73.9 cm³/mol. The van der Waals surface area contributed by atoms with Crippen LogP contribution in [0.2, 0.25) is 0 Å². The summed E-state index contributed by atoms with van der Waals surface area (Å²) in [5.74, 6) is -0.206. The van der Waals surface area contributed by atoms with Crippen molar-refractivity contribution in [3.63, 3.8) is 0 Å². The van der Waals surface area contributed by atoms with Crippen LogP contribution in [-0.2, 0) is 23.2 Å². The van der Waals surface area contributed by atoms with E-state index >= 15 is 0 Å². The summed E-state index contributed by atoms with van der Waals surface area (Å²) >= 11 is -0.355. The number of anilines is 1. The molecule has 0 bridgehead atoms. The Bertz CT molecular complexity index is 537. The Morgan fingerprint density at radius 3 is 2.43 bits per heavy atom. The fourth-order valence-corrected chi connectivity index (χ4v) is 2.93. The Kier molecular flexibility index (Phi) is 8.42. The molecular formula is C10H12AsNO7S2-2. The quantitative estimate of drug-likeness (QED) is 0.117. The van der Waals surface area contributed by atoms with Gasteiger partial charge in [-0.15, -0.1) is 0 Å². The van der Waals surface area contributed by atoms with Gasteiger partial charge in [-0.1, -0.05) is 0 Å². The number of hydrogen-bond donors (Lipinski definition) is 0. The Balaban J connectivity index is 2.71. The van der Waals surface area contributed by atoms with Gasteiger partial charge >= 0.3 is 133 Å². The van der Waals surface area contributed by atoms with Crippen LogP contribution in [-0.4, -0.2) is 53.3 Å². The molecule has 1 aromatic carbocycles. The van der Waals surface area contributed by atoms with Crippen molar-refractivity contribution in [3.05, 3.63) is 24.3 Å². The fraction of sp³-hybridized carbons (Fsp3) is 0.400. The van der Waals surface area contributed by atoms with E-state index in [9.17, 15) is 22.0 Å². The average molecular weight is 397 g/mol. The first-order valence-corrected chi connectivity index (χ1v) is 9.85. The van der Waals surface area contributed by atoms with Crippen molar-refractivity contribution in [2.24, 2.45) is 0 Å². The molecule has 1 rings (SSSR count). The van der Waals surface area contributed by atoms with Crippen LogP contribution in [0.3, 0.4) is 0 Å². The summed E-state index contributed by atoms with van der Waals surface area (Å²) in [5, 5.41) is 12.9. The van der Waals surface area contributed by atoms with E-state index in [1.807, 2.05) is 0 Å². The maximum atomic E-state index is 10.8. The minimum atomic E-state index is -4.33. The van der Waals surface area contributed by atoms with E-state index in [1.165, 1.54) is 0 Å². The monoisotopic (exact) mass is 397 g/mol. The van der Waals surface area contributed by atoms with E-state index in [2.05, 4.69) is 9.37 Å². The van der Waals surface area contributed by atoms with Gasteiger partial charge in [0.25, 0.3) is 0 Å². The second-order valence-corrected chi connectivity index (χ2v) is 7.58. The first-order valence-electron chi connectivity index (χ1n) is 5.66. The second-order valence-electron chi connectivity index (χ2n) is 3.81.